The maximum Gasteiger partial charge on any atom is 0.252 e. The fourth-order valence-electron chi connectivity index (χ4n) is 2.67. The van der Waals surface area contributed by atoms with Crippen LogP contribution in [-0.4, -0.2) is 23.0 Å². The fraction of sp³-hybridized carbons (Fsp3) is 0.353. The van der Waals surface area contributed by atoms with Crippen molar-refractivity contribution in [3.05, 3.63) is 46.3 Å². The first-order valence-corrected chi connectivity index (χ1v) is 8.55. The zero-order valence-electron chi connectivity index (χ0n) is 12.6. The van der Waals surface area contributed by atoms with Gasteiger partial charge in [-0.15, -0.1) is 0 Å². The maximum absolute atomic E-state index is 12.0. The van der Waals surface area contributed by atoms with Crippen molar-refractivity contribution in [3.8, 4) is 11.9 Å². The van der Waals surface area contributed by atoms with E-state index in [4.69, 9.17) is 10.00 Å². The molecular weight excluding hydrogens is 310 g/mol. The van der Waals surface area contributed by atoms with Crippen LogP contribution in [0.3, 0.4) is 0 Å². The number of carbonyl (C=O) groups is 1. The van der Waals surface area contributed by atoms with Crippen LogP contribution in [-0.2, 0) is 0 Å². The number of nitrogens with one attached hydrogen (secondary N) is 1. The average Bonchev–Trinajstić information content (AvgIpc) is 3.12. The van der Waals surface area contributed by atoms with E-state index in [0.29, 0.717) is 11.4 Å². The highest BCUT2D eigenvalue weighted by Gasteiger charge is 2.24. The minimum atomic E-state index is 0.00405. The van der Waals surface area contributed by atoms with E-state index in [0.717, 1.165) is 31.2 Å². The minimum Gasteiger partial charge on any atom is -0.474 e. The fourth-order valence-corrected chi connectivity index (χ4v) is 3.31. The summed E-state index contributed by atoms with van der Waals surface area (Å²) in [6.07, 6.45) is 5.20. The van der Waals surface area contributed by atoms with E-state index in [2.05, 4.69) is 10.3 Å². The van der Waals surface area contributed by atoms with Crippen LogP contribution in [0, 0.1) is 11.3 Å². The van der Waals surface area contributed by atoms with E-state index in [-0.39, 0.29) is 18.1 Å². The molecule has 23 heavy (non-hydrogen) atoms. The van der Waals surface area contributed by atoms with Gasteiger partial charge in [-0.25, -0.2) is 4.98 Å². The number of hydrogen-bond acceptors (Lipinski definition) is 5. The third-order valence-electron chi connectivity index (χ3n) is 3.95. The lowest BCUT2D eigenvalue weighted by atomic mass is 9.93. The van der Waals surface area contributed by atoms with Gasteiger partial charge in [-0.05, 0) is 43.2 Å². The monoisotopic (exact) mass is 327 g/mol. The molecule has 2 heterocycles. The van der Waals surface area contributed by atoms with Gasteiger partial charge in [-0.3, -0.25) is 4.79 Å². The van der Waals surface area contributed by atoms with E-state index in [9.17, 15) is 4.79 Å². The van der Waals surface area contributed by atoms with Crippen molar-refractivity contribution in [2.45, 2.75) is 37.8 Å². The second-order valence-corrected chi connectivity index (χ2v) is 6.35. The molecule has 0 aromatic carbocycles. The van der Waals surface area contributed by atoms with E-state index >= 15 is 0 Å². The summed E-state index contributed by atoms with van der Waals surface area (Å²) in [5.74, 6) is 0.555. The van der Waals surface area contributed by atoms with Crippen LogP contribution in [0.1, 0.15) is 41.6 Å². The predicted octanol–water partition coefficient (Wildman–Crippen LogP) is 3.13. The van der Waals surface area contributed by atoms with Gasteiger partial charge in [0.05, 0.1) is 5.56 Å². The summed E-state index contributed by atoms with van der Waals surface area (Å²) in [6.45, 7) is 0. The molecule has 2 aromatic heterocycles. The van der Waals surface area contributed by atoms with Gasteiger partial charge in [0.2, 0.25) is 5.88 Å². The number of ether oxygens (including phenoxy) is 1. The Labute approximate surface area is 138 Å². The molecule has 1 aliphatic carbocycles. The zero-order chi connectivity index (χ0) is 16.1. The van der Waals surface area contributed by atoms with Gasteiger partial charge in [0.15, 0.2) is 0 Å². The van der Waals surface area contributed by atoms with Gasteiger partial charge < -0.3 is 10.1 Å². The molecule has 1 fully saturated rings. The SMILES string of the molecule is N#Cc1ccc(OC2CCC(NC(=O)c3ccsc3)CC2)nc1. The Morgan fingerprint density at radius 2 is 2.13 bits per heavy atom. The number of rotatable bonds is 4. The molecular formula is C17H17N3O2S. The summed E-state index contributed by atoms with van der Waals surface area (Å²) in [6, 6.07) is 7.51. The van der Waals surface area contributed by atoms with E-state index in [1.165, 1.54) is 17.5 Å². The third-order valence-corrected chi connectivity index (χ3v) is 4.63. The molecule has 2 aromatic rings. The molecule has 0 aliphatic heterocycles. The number of amides is 1. The molecule has 6 heteroatoms. The van der Waals surface area contributed by atoms with Gasteiger partial charge in [-0.1, -0.05) is 0 Å². The lowest BCUT2D eigenvalue weighted by molar-refractivity contribution is 0.0890. The molecule has 1 saturated carbocycles. The van der Waals surface area contributed by atoms with Gasteiger partial charge in [0.1, 0.15) is 12.2 Å². The highest BCUT2D eigenvalue weighted by molar-refractivity contribution is 7.08. The van der Waals surface area contributed by atoms with Crippen LogP contribution in [0.25, 0.3) is 0 Å². The van der Waals surface area contributed by atoms with Crippen LogP contribution in [0.4, 0.5) is 0 Å². The van der Waals surface area contributed by atoms with Crippen molar-refractivity contribution in [2.75, 3.05) is 0 Å². The normalized spacial score (nSPS) is 20.5. The van der Waals surface area contributed by atoms with Crippen molar-refractivity contribution in [3.63, 3.8) is 0 Å². The number of pyridine rings is 1. The number of hydrogen-bond donors (Lipinski definition) is 1. The summed E-state index contributed by atoms with van der Waals surface area (Å²) < 4.78 is 5.85. The lowest BCUT2D eigenvalue weighted by Gasteiger charge is -2.29. The summed E-state index contributed by atoms with van der Waals surface area (Å²) >= 11 is 1.53. The second kappa shape index (κ2) is 7.25. The van der Waals surface area contributed by atoms with Gasteiger partial charge in [-0.2, -0.15) is 16.6 Å². The molecule has 1 aliphatic rings. The predicted molar refractivity (Wildman–Crippen MR) is 87.4 cm³/mol. The Hall–Kier alpha value is -2.39. The molecule has 5 nitrogen and oxygen atoms in total. The topological polar surface area (TPSA) is 75.0 Å². The standard InChI is InChI=1S/C17H17N3O2S/c18-9-12-1-6-16(19-10-12)22-15-4-2-14(3-5-15)20-17(21)13-7-8-23-11-13/h1,6-8,10-11,14-15H,2-5H2,(H,20,21). The molecule has 0 unspecified atom stereocenters. The van der Waals surface area contributed by atoms with Crippen molar-refractivity contribution in [1.82, 2.24) is 10.3 Å². The average molecular weight is 327 g/mol. The van der Waals surface area contributed by atoms with Crippen molar-refractivity contribution in [2.24, 2.45) is 0 Å². The minimum absolute atomic E-state index is 0.00405. The first-order chi connectivity index (χ1) is 11.2. The van der Waals surface area contributed by atoms with Crippen LogP contribution in [0.5, 0.6) is 5.88 Å². The van der Waals surface area contributed by atoms with E-state index < -0.39 is 0 Å². The maximum atomic E-state index is 12.0. The number of thiophene rings is 1. The Kier molecular flexibility index (Phi) is 4.89. The Morgan fingerprint density at radius 1 is 1.30 bits per heavy atom. The Morgan fingerprint density at radius 3 is 2.74 bits per heavy atom. The smallest absolute Gasteiger partial charge is 0.252 e. The number of carbonyl (C=O) groups excluding carboxylic acids is 1. The number of nitrogens with zero attached hydrogens (tertiary/aromatic N) is 2. The van der Waals surface area contributed by atoms with E-state index in [1.54, 1.807) is 12.1 Å². The molecule has 1 amide bonds. The van der Waals surface area contributed by atoms with E-state index in [1.807, 2.05) is 22.9 Å². The van der Waals surface area contributed by atoms with Crippen LogP contribution >= 0.6 is 11.3 Å². The van der Waals surface area contributed by atoms with Gasteiger partial charge in [0.25, 0.3) is 5.91 Å². The molecule has 3 rings (SSSR count). The summed E-state index contributed by atoms with van der Waals surface area (Å²) in [5.41, 5.74) is 1.26. The van der Waals surface area contributed by atoms with Crippen molar-refractivity contribution >= 4 is 17.2 Å². The van der Waals surface area contributed by atoms with Crippen LogP contribution < -0.4 is 10.1 Å². The van der Waals surface area contributed by atoms with Crippen molar-refractivity contribution in [1.29, 1.82) is 5.26 Å². The number of aromatic nitrogens is 1. The highest BCUT2D eigenvalue weighted by Crippen LogP contribution is 2.23. The third kappa shape index (κ3) is 4.08. The summed E-state index contributed by atoms with van der Waals surface area (Å²) in [4.78, 5) is 16.2. The highest BCUT2D eigenvalue weighted by atomic mass is 32.1. The summed E-state index contributed by atoms with van der Waals surface area (Å²) in [5, 5.41) is 15.6. The quantitative estimate of drug-likeness (QED) is 0.936. The Balaban J connectivity index is 1.46. The summed E-state index contributed by atoms with van der Waals surface area (Å²) in [7, 11) is 0. The molecule has 0 bridgehead atoms. The molecule has 0 spiro atoms. The van der Waals surface area contributed by atoms with Crippen molar-refractivity contribution < 1.29 is 9.53 Å². The molecule has 0 atom stereocenters. The van der Waals surface area contributed by atoms with Gasteiger partial charge >= 0.3 is 0 Å². The molecule has 118 valence electrons. The van der Waals surface area contributed by atoms with Crippen LogP contribution in [0.15, 0.2) is 35.2 Å². The molecule has 0 radical (unpaired) electrons. The lowest BCUT2D eigenvalue weighted by Crippen LogP contribution is -2.39. The Bertz CT molecular complexity index is 684. The molecule has 0 saturated heterocycles. The number of nitriles is 1. The first kappa shape index (κ1) is 15.5. The zero-order valence-corrected chi connectivity index (χ0v) is 13.4. The van der Waals surface area contributed by atoms with Gasteiger partial charge in [0, 0.05) is 29.2 Å². The largest absolute Gasteiger partial charge is 0.474 e. The second-order valence-electron chi connectivity index (χ2n) is 5.57. The first-order valence-electron chi connectivity index (χ1n) is 7.60. The van der Waals surface area contributed by atoms with Crippen LogP contribution in [0.2, 0.25) is 0 Å². The molecule has 1 N–H and O–H groups in total.